The van der Waals surface area contributed by atoms with Crippen LogP contribution in [0.4, 0.5) is 13.2 Å². The van der Waals surface area contributed by atoms with Gasteiger partial charge in [0.1, 0.15) is 5.60 Å². The fourth-order valence-corrected chi connectivity index (χ4v) is 7.77. The van der Waals surface area contributed by atoms with Crippen molar-refractivity contribution < 1.29 is 32.2 Å². The van der Waals surface area contributed by atoms with E-state index in [0.29, 0.717) is 23.8 Å². The summed E-state index contributed by atoms with van der Waals surface area (Å²) in [4.78, 5) is 24.7. The van der Waals surface area contributed by atoms with Crippen LogP contribution in [0, 0.1) is 29.6 Å². The van der Waals surface area contributed by atoms with Crippen molar-refractivity contribution in [1.82, 2.24) is 0 Å². The first-order chi connectivity index (χ1) is 16.2. The molecular weight excluding hydrogens is 465 g/mol. The van der Waals surface area contributed by atoms with Crippen LogP contribution in [-0.2, 0) is 37.9 Å². The van der Waals surface area contributed by atoms with E-state index < -0.39 is 34.9 Å². The molecule has 4 nitrogen and oxygen atoms in total. The summed E-state index contributed by atoms with van der Waals surface area (Å²) in [5.41, 5.74) is -0.305. The fourth-order valence-electron chi connectivity index (χ4n) is 7.44. The number of carbonyl (C=O) groups is 2. The number of halogens is 3. The number of benzene rings is 1. The summed E-state index contributed by atoms with van der Waals surface area (Å²) >= 11 is 5.21. The number of hydrogen-bond acceptors (Lipinski definition) is 5. The van der Waals surface area contributed by atoms with Crippen molar-refractivity contribution in [3.05, 3.63) is 59.2 Å². The van der Waals surface area contributed by atoms with Gasteiger partial charge in [0.05, 0.1) is 11.7 Å². The minimum atomic E-state index is -4.42. The van der Waals surface area contributed by atoms with Gasteiger partial charge in [-0.3, -0.25) is 4.79 Å². The summed E-state index contributed by atoms with van der Waals surface area (Å²) in [6.07, 6.45) is 3.85. The monoisotopic (exact) mass is 489 g/mol. The summed E-state index contributed by atoms with van der Waals surface area (Å²) in [6.45, 7) is 0. The smallest absolute Gasteiger partial charge is 0.416 e. The molecule has 8 heteroatoms. The predicted molar refractivity (Wildman–Crippen MR) is 118 cm³/mol. The van der Waals surface area contributed by atoms with Crippen LogP contribution in [0.1, 0.15) is 49.5 Å². The lowest BCUT2D eigenvalue weighted by molar-refractivity contribution is -0.154. The van der Waals surface area contributed by atoms with Crippen molar-refractivity contribution in [2.75, 3.05) is 0 Å². The van der Waals surface area contributed by atoms with Gasteiger partial charge in [0.15, 0.2) is 12.1 Å². The second-order valence-electron chi connectivity index (χ2n) is 10.2. The maximum Gasteiger partial charge on any atom is 0.416 e. The molecule has 0 aromatic heterocycles. The standard InChI is InChI=1S/C26H25F3O4S/c27-26(28,29)15-4-1-13(2-5-15)23-32-22-12-20-19-7-3-14-11-16(30)6-8-17(14)18(19)9-10-21(20)25(22,33-23)24(31)34/h1-2,4-6,8,11,17-23H,3,7,9-10,12H2,(H,31,34)/p-1. The largest absolute Gasteiger partial charge is 0.739 e. The minimum absolute atomic E-state index is 0.0561. The van der Waals surface area contributed by atoms with Gasteiger partial charge >= 0.3 is 6.18 Å². The predicted octanol–water partition coefficient (Wildman–Crippen LogP) is 5.07. The van der Waals surface area contributed by atoms with Gasteiger partial charge in [0, 0.05) is 16.6 Å². The Morgan fingerprint density at radius 1 is 1.06 bits per heavy atom. The average molecular weight is 490 g/mol. The van der Waals surface area contributed by atoms with E-state index in [0.717, 1.165) is 37.8 Å². The van der Waals surface area contributed by atoms with E-state index >= 15 is 0 Å². The zero-order valence-corrected chi connectivity index (χ0v) is 19.1. The molecule has 1 heterocycles. The molecule has 0 bridgehead atoms. The normalized spacial score (nSPS) is 40.7. The number of hydrogen-bond donors (Lipinski definition) is 0. The van der Waals surface area contributed by atoms with Crippen molar-refractivity contribution in [2.24, 2.45) is 29.6 Å². The molecule has 4 fully saturated rings. The Morgan fingerprint density at radius 3 is 2.53 bits per heavy atom. The number of rotatable bonds is 2. The molecule has 4 aliphatic carbocycles. The van der Waals surface area contributed by atoms with E-state index in [2.05, 4.69) is 0 Å². The highest BCUT2D eigenvalue weighted by Crippen LogP contribution is 2.63. The Balaban J connectivity index is 1.26. The van der Waals surface area contributed by atoms with Gasteiger partial charge in [-0.05, 0) is 80.1 Å². The van der Waals surface area contributed by atoms with Crippen LogP contribution in [0.25, 0.3) is 0 Å². The third-order valence-corrected chi connectivity index (χ3v) is 9.13. The van der Waals surface area contributed by atoms with E-state index in [1.165, 1.54) is 17.7 Å². The topological polar surface area (TPSA) is 52.6 Å². The Bertz CT molecular complexity index is 1090. The molecule has 0 spiro atoms. The van der Waals surface area contributed by atoms with Crippen molar-refractivity contribution in [3.63, 3.8) is 0 Å². The van der Waals surface area contributed by atoms with Crippen LogP contribution in [0.3, 0.4) is 0 Å². The number of alkyl halides is 3. The van der Waals surface area contributed by atoms with E-state index in [1.807, 2.05) is 6.08 Å². The van der Waals surface area contributed by atoms with E-state index in [4.69, 9.17) is 22.1 Å². The van der Waals surface area contributed by atoms with Gasteiger partial charge in [0.2, 0.25) is 0 Å². The Morgan fingerprint density at radius 2 is 1.82 bits per heavy atom. The van der Waals surface area contributed by atoms with Crippen LogP contribution in [-0.4, -0.2) is 22.6 Å². The van der Waals surface area contributed by atoms with Gasteiger partial charge in [-0.1, -0.05) is 23.8 Å². The zero-order chi connectivity index (χ0) is 23.8. The highest BCUT2D eigenvalue weighted by atomic mass is 32.1. The van der Waals surface area contributed by atoms with Crippen LogP contribution in [0.15, 0.2) is 48.1 Å². The van der Waals surface area contributed by atoms with E-state index in [-0.39, 0.29) is 23.5 Å². The van der Waals surface area contributed by atoms with Crippen LogP contribution in [0.5, 0.6) is 0 Å². The Kier molecular flexibility index (Phi) is 5.10. The van der Waals surface area contributed by atoms with Gasteiger partial charge < -0.3 is 26.9 Å². The van der Waals surface area contributed by atoms with E-state index in [1.54, 1.807) is 12.2 Å². The third kappa shape index (κ3) is 3.25. The molecule has 8 atom stereocenters. The molecule has 1 saturated heterocycles. The number of ketones is 1. The molecule has 6 rings (SSSR count). The molecule has 1 aromatic carbocycles. The Hall–Kier alpha value is -2.03. The van der Waals surface area contributed by atoms with Gasteiger partial charge in [-0.25, -0.2) is 0 Å². The van der Waals surface area contributed by atoms with Gasteiger partial charge in [-0.15, -0.1) is 0 Å². The van der Waals surface area contributed by atoms with Crippen molar-refractivity contribution in [2.45, 2.75) is 56.3 Å². The first-order valence-electron chi connectivity index (χ1n) is 11.8. The van der Waals surface area contributed by atoms with Crippen molar-refractivity contribution >= 4 is 23.5 Å². The van der Waals surface area contributed by atoms with Gasteiger partial charge in [0.25, 0.3) is 0 Å². The summed E-state index contributed by atoms with van der Waals surface area (Å²) in [7, 11) is 0. The quantitative estimate of drug-likeness (QED) is 0.543. The molecular formula is C26H24F3O4S-. The van der Waals surface area contributed by atoms with Crippen molar-refractivity contribution in [1.29, 1.82) is 0 Å². The third-order valence-electron chi connectivity index (χ3n) is 8.81. The zero-order valence-electron chi connectivity index (χ0n) is 18.3. The second-order valence-corrected chi connectivity index (χ2v) is 10.6. The highest BCUT2D eigenvalue weighted by Gasteiger charge is 2.66. The molecule has 34 heavy (non-hydrogen) atoms. The lowest BCUT2D eigenvalue weighted by Crippen LogP contribution is -2.52. The highest BCUT2D eigenvalue weighted by molar-refractivity contribution is 7.77. The number of fused-ring (bicyclic) bond motifs is 7. The number of carbonyl (C=O) groups excluding carboxylic acids is 2. The summed E-state index contributed by atoms with van der Waals surface area (Å²) < 4.78 is 51.3. The van der Waals surface area contributed by atoms with Crippen molar-refractivity contribution in [3.8, 4) is 0 Å². The molecule has 3 saturated carbocycles. The average Bonchev–Trinajstić information content (AvgIpc) is 3.32. The summed E-state index contributed by atoms with van der Waals surface area (Å²) in [5, 5.41) is -0.475. The summed E-state index contributed by atoms with van der Waals surface area (Å²) in [5.74, 6) is 1.31. The Labute approximate surface area is 201 Å². The maximum atomic E-state index is 13.0. The lowest BCUT2D eigenvalue weighted by Gasteiger charge is -2.50. The van der Waals surface area contributed by atoms with Crippen LogP contribution < -0.4 is 0 Å². The number of allylic oxidation sites excluding steroid dienone is 4. The first kappa shape index (κ1) is 22.4. The molecule has 1 aromatic rings. The molecule has 8 unspecified atom stereocenters. The first-order valence-corrected chi connectivity index (χ1v) is 12.2. The van der Waals surface area contributed by atoms with Gasteiger partial charge in [-0.2, -0.15) is 13.2 Å². The molecule has 0 N–H and O–H groups in total. The number of ether oxygens (including phenoxy) is 2. The second kappa shape index (κ2) is 7.73. The lowest BCUT2D eigenvalue weighted by atomic mass is 9.56. The molecule has 180 valence electrons. The molecule has 5 aliphatic rings. The molecule has 1 aliphatic heterocycles. The maximum absolute atomic E-state index is 13.0. The van der Waals surface area contributed by atoms with E-state index in [9.17, 15) is 22.8 Å². The SMILES string of the molecule is O=C1C=CC2C(=C1)CCC1C2CCC2C1CC1OC(c3ccc(C(F)(F)F)cc3)OC12C(=O)[S-]. The fraction of sp³-hybridized carbons (Fsp3) is 0.538. The van der Waals surface area contributed by atoms with Crippen LogP contribution in [0.2, 0.25) is 0 Å². The summed E-state index contributed by atoms with van der Waals surface area (Å²) in [6, 6.07) is 4.69. The minimum Gasteiger partial charge on any atom is -0.739 e. The molecule has 0 amide bonds. The molecule has 0 radical (unpaired) electrons. The van der Waals surface area contributed by atoms with Crippen LogP contribution >= 0.6 is 0 Å².